The molecule has 0 atom stereocenters. The van der Waals surface area contributed by atoms with Gasteiger partial charge in [0, 0.05) is 35.6 Å². The van der Waals surface area contributed by atoms with Crippen molar-refractivity contribution in [2.75, 3.05) is 36.2 Å². The molecule has 264 valence electrons. The largest absolute Gasteiger partial charge is 0.489 e. The summed E-state index contributed by atoms with van der Waals surface area (Å²) in [5.41, 5.74) is 14.0. The number of rotatable bonds is 2. The average molecular weight is 691 g/mol. The van der Waals surface area contributed by atoms with Crippen molar-refractivity contribution in [2.24, 2.45) is 0 Å². The molecule has 4 aliphatic rings. The molecule has 5 aromatic rings. The molecule has 0 aromatic heterocycles. The van der Waals surface area contributed by atoms with Crippen molar-refractivity contribution < 1.29 is 18.9 Å². The lowest BCUT2D eigenvalue weighted by atomic mass is 9.33. The van der Waals surface area contributed by atoms with Crippen LogP contribution in [0.25, 0.3) is 0 Å². The zero-order valence-corrected chi connectivity index (χ0v) is 31.4. The van der Waals surface area contributed by atoms with Crippen LogP contribution in [0.1, 0.15) is 71.1 Å². The number of aryl methyl sites for hydroxylation is 1. The first kappa shape index (κ1) is 32.8. The maximum atomic E-state index is 6.67. The van der Waals surface area contributed by atoms with Gasteiger partial charge in [0.1, 0.15) is 0 Å². The summed E-state index contributed by atoms with van der Waals surface area (Å²) in [6.07, 6.45) is 1.67. The Kier molecular flexibility index (Phi) is 7.59. The van der Waals surface area contributed by atoms with Crippen molar-refractivity contribution in [3.05, 3.63) is 102 Å². The molecule has 0 aliphatic carbocycles. The lowest BCUT2D eigenvalue weighted by Gasteiger charge is -2.45. The topological polar surface area (TPSA) is 43.4 Å². The van der Waals surface area contributed by atoms with Crippen molar-refractivity contribution in [3.63, 3.8) is 0 Å². The van der Waals surface area contributed by atoms with Crippen LogP contribution in [0.4, 0.5) is 34.1 Å². The van der Waals surface area contributed by atoms with E-state index in [0.717, 1.165) is 70.0 Å². The summed E-state index contributed by atoms with van der Waals surface area (Å²) >= 11 is 0. The van der Waals surface area contributed by atoms with Gasteiger partial charge in [-0.1, -0.05) is 77.9 Å². The van der Waals surface area contributed by atoms with Crippen LogP contribution in [0, 0.1) is 6.92 Å². The highest BCUT2D eigenvalue weighted by Crippen LogP contribution is 2.52. The molecule has 7 heteroatoms. The number of hydrogen-bond donors (Lipinski definition) is 0. The number of hydrogen-bond acceptors (Lipinski definition) is 6. The van der Waals surface area contributed by atoms with Gasteiger partial charge in [-0.05, 0) is 99.4 Å². The third-order valence-corrected chi connectivity index (χ3v) is 10.9. The summed E-state index contributed by atoms with van der Waals surface area (Å²) in [6.45, 7) is 18.2. The second-order valence-corrected chi connectivity index (χ2v) is 16.7. The Hall–Kier alpha value is -5.04. The van der Waals surface area contributed by atoms with Crippen LogP contribution >= 0.6 is 0 Å². The van der Waals surface area contributed by atoms with Crippen LogP contribution in [-0.2, 0) is 10.8 Å². The van der Waals surface area contributed by atoms with Gasteiger partial charge < -0.3 is 28.7 Å². The van der Waals surface area contributed by atoms with Crippen LogP contribution in [0.3, 0.4) is 0 Å². The molecule has 0 amide bonds. The maximum absolute atomic E-state index is 6.67. The summed E-state index contributed by atoms with van der Waals surface area (Å²) < 4.78 is 26.0. The Morgan fingerprint density at radius 2 is 0.923 bits per heavy atom. The molecule has 4 aliphatic heterocycles. The summed E-state index contributed by atoms with van der Waals surface area (Å²) in [5.74, 6) is 3.19. The van der Waals surface area contributed by atoms with E-state index in [4.69, 9.17) is 18.9 Å². The molecule has 52 heavy (non-hydrogen) atoms. The highest BCUT2D eigenvalue weighted by Gasteiger charge is 2.47. The molecule has 0 fully saturated rings. The van der Waals surface area contributed by atoms with Gasteiger partial charge >= 0.3 is 0 Å². The standard InChI is InChI=1S/C45H47BN2O4/c1-28-26-35-39-36(27-28)48(32-16-12-30(13-17-32)45(5,6)7)41-34(19-21-38-43(41)52-25-9-23-50-38)46(39)33-18-20-37-42(51-24-8-22-49-37)40(33)47(35)31-14-10-29(11-15-31)44(2,3)4/h10-21,26-27H,8-9,22-25H2,1-7H3. The van der Waals surface area contributed by atoms with Gasteiger partial charge in [0.2, 0.25) is 0 Å². The maximum Gasteiger partial charge on any atom is 0.252 e. The van der Waals surface area contributed by atoms with Gasteiger partial charge in [0.15, 0.2) is 23.0 Å². The van der Waals surface area contributed by atoms with Gasteiger partial charge in [-0.2, -0.15) is 0 Å². The fourth-order valence-corrected chi connectivity index (χ4v) is 8.30. The summed E-state index contributed by atoms with van der Waals surface area (Å²) in [4.78, 5) is 4.85. The first-order chi connectivity index (χ1) is 25.0. The molecule has 9 rings (SSSR count). The fourth-order valence-electron chi connectivity index (χ4n) is 8.30. The van der Waals surface area contributed by atoms with E-state index in [-0.39, 0.29) is 17.5 Å². The SMILES string of the molecule is Cc1cc2c3c(c1)N(c1ccc(C(C)(C)C)cc1)c1c(ccc4c1OCCCO4)B3c1ccc3c(c1N2c1ccc(C(C)(C)C)cc1)OCCCO3. The molecule has 0 N–H and O–H groups in total. The molecular formula is C45H47BN2O4. The molecule has 0 unspecified atom stereocenters. The number of anilines is 6. The zero-order chi connectivity index (χ0) is 35.9. The Morgan fingerprint density at radius 3 is 1.33 bits per heavy atom. The van der Waals surface area contributed by atoms with E-state index < -0.39 is 0 Å². The number of fused-ring (bicyclic) bond motifs is 8. The van der Waals surface area contributed by atoms with Gasteiger partial charge in [-0.3, -0.25) is 0 Å². The average Bonchev–Trinajstić information content (AvgIpc) is 3.52. The van der Waals surface area contributed by atoms with Crippen molar-refractivity contribution in [2.45, 2.75) is 72.1 Å². The van der Waals surface area contributed by atoms with E-state index in [1.807, 2.05) is 0 Å². The van der Waals surface area contributed by atoms with E-state index in [2.05, 4.69) is 143 Å². The highest BCUT2D eigenvalue weighted by molar-refractivity contribution is 7.00. The van der Waals surface area contributed by atoms with E-state index in [9.17, 15) is 0 Å². The van der Waals surface area contributed by atoms with Crippen molar-refractivity contribution in [1.29, 1.82) is 0 Å². The molecule has 5 aromatic carbocycles. The normalized spacial score (nSPS) is 16.0. The molecule has 6 nitrogen and oxygen atoms in total. The van der Waals surface area contributed by atoms with Crippen LogP contribution in [0.2, 0.25) is 0 Å². The minimum atomic E-state index is -0.0832. The molecule has 0 spiro atoms. The lowest BCUT2D eigenvalue weighted by molar-refractivity contribution is 0.297. The Morgan fingerprint density at radius 1 is 0.519 bits per heavy atom. The Labute approximate surface area is 308 Å². The monoisotopic (exact) mass is 690 g/mol. The van der Waals surface area contributed by atoms with Crippen LogP contribution in [-0.4, -0.2) is 33.1 Å². The molecule has 0 radical (unpaired) electrons. The van der Waals surface area contributed by atoms with Gasteiger partial charge in [-0.15, -0.1) is 0 Å². The second-order valence-electron chi connectivity index (χ2n) is 16.7. The van der Waals surface area contributed by atoms with Crippen LogP contribution in [0.15, 0.2) is 84.9 Å². The minimum Gasteiger partial charge on any atom is -0.489 e. The first-order valence-electron chi connectivity index (χ1n) is 18.8. The van der Waals surface area contributed by atoms with E-state index in [0.29, 0.717) is 26.4 Å². The summed E-state index contributed by atoms with van der Waals surface area (Å²) in [5, 5.41) is 0. The zero-order valence-electron chi connectivity index (χ0n) is 31.4. The van der Waals surface area contributed by atoms with Crippen LogP contribution < -0.4 is 45.1 Å². The summed E-state index contributed by atoms with van der Waals surface area (Å²) in [6, 6.07) is 31.6. The summed E-state index contributed by atoms with van der Waals surface area (Å²) in [7, 11) is 0. The van der Waals surface area contributed by atoms with Crippen molar-refractivity contribution in [3.8, 4) is 23.0 Å². The lowest BCUT2D eigenvalue weighted by Crippen LogP contribution is -2.61. The predicted octanol–water partition coefficient (Wildman–Crippen LogP) is 9.00. The third-order valence-electron chi connectivity index (χ3n) is 10.9. The molecule has 0 saturated carbocycles. The van der Waals surface area contributed by atoms with E-state index in [1.165, 1.54) is 33.1 Å². The number of benzene rings is 5. The Balaban J connectivity index is 1.36. The second kappa shape index (κ2) is 12.0. The molecular weight excluding hydrogens is 643 g/mol. The smallest absolute Gasteiger partial charge is 0.252 e. The third kappa shape index (κ3) is 5.23. The first-order valence-corrected chi connectivity index (χ1v) is 18.8. The Bertz CT molecular complexity index is 2050. The van der Waals surface area contributed by atoms with Crippen molar-refractivity contribution in [1.82, 2.24) is 0 Å². The van der Waals surface area contributed by atoms with Gasteiger partial charge in [0.25, 0.3) is 6.71 Å². The highest BCUT2D eigenvalue weighted by atomic mass is 16.5. The van der Waals surface area contributed by atoms with Crippen molar-refractivity contribution >= 4 is 57.2 Å². The minimum absolute atomic E-state index is 0.0382. The predicted molar refractivity (Wildman–Crippen MR) is 214 cm³/mol. The van der Waals surface area contributed by atoms with Gasteiger partial charge in [-0.25, -0.2) is 0 Å². The van der Waals surface area contributed by atoms with Gasteiger partial charge in [0.05, 0.1) is 37.8 Å². The molecule has 0 bridgehead atoms. The van der Waals surface area contributed by atoms with E-state index >= 15 is 0 Å². The number of nitrogens with zero attached hydrogens (tertiary/aromatic N) is 2. The quantitative estimate of drug-likeness (QED) is 0.169. The van der Waals surface area contributed by atoms with E-state index in [1.54, 1.807) is 0 Å². The molecule has 0 saturated heterocycles. The number of ether oxygens (including phenoxy) is 4. The molecule has 4 heterocycles. The van der Waals surface area contributed by atoms with Crippen LogP contribution in [0.5, 0.6) is 23.0 Å². The fraction of sp³-hybridized carbons (Fsp3) is 0.333.